The van der Waals surface area contributed by atoms with Crippen LogP contribution in [0.2, 0.25) is 0 Å². The summed E-state index contributed by atoms with van der Waals surface area (Å²) in [4.78, 5) is 21.3. The largest absolute Gasteiger partial charge is 0.506 e. The smallest absolute Gasteiger partial charge is 0.450 e. The van der Waals surface area contributed by atoms with E-state index in [1.54, 1.807) is 0 Å². The minimum Gasteiger partial charge on any atom is -0.450 e. The summed E-state index contributed by atoms with van der Waals surface area (Å²) in [6, 6.07) is 0. The minimum atomic E-state index is -1.38. The number of ether oxygens (including phenoxy) is 2. The van der Waals surface area contributed by atoms with Crippen LogP contribution in [0.1, 0.15) is 6.42 Å². The number of hydrogen-bond acceptors (Lipinski definition) is 4. The molecule has 17 heavy (non-hydrogen) atoms. The second kappa shape index (κ2) is 3.38. The number of carbonyl (C=O) groups is 2. The topological polar surface area (TPSA) is 93.1 Å². The van der Waals surface area contributed by atoms with Gasteiger partial charge in [0.1, 0.15) is 12.2 Å². The van der Waals surface area contributed by atoms with Crippen molar-refractivity contribution in [2.45, 2.75) is 18.6 Å². The summed E-state index contributed by atoms with van der Waals surface area (Å²) in [6.07, 6.45) is 0.729. The van der Waals surface area contributed by atoms with Gasteiger partial charge in [-0.05, 0) is 18.3 Å². The Morgan fingerprint density at radius 1 is 0.941 bits per heavy atom. The Kier molecular flexibility index (Phi) is 2.08. The molecular weight excluding hydrogens is 228 g/mol. The fourth-order valence-corrected chi connectivity index (χ4v) is 3.33. The third-order valence-electron chi connectivity index (χ3n) is 3.99. The molecule has 4 aliphatic carbocycles. The Morgan fingerprint density at radius 3 is 1.71 bits per heavy atom. The van der Waals surface area contributed by atoms with Crippen molar-refractivity contribution in [2.24, 2.45) is 23.7 Å². The molecule has 0 heterocycles. The summed E-state index contributed by atoms with van der Waals surface area (Å²) in [5, 5.41) is 17.4. The average molecular weight is 240 g/mol. The molecule has 2 saturated carbocycles. The van der Waals surface area contributed by atoms with Crippen LogP contribution in [0.3, 0.4) is 0 Å². The van der Waals surface area contributed by atoms with E-state index in [0.717, 1.165) is 6.42 Å². The molecule has 0 aromatic carbocycles. The lowest BCUT2D eigenvalue weighted by Gasteiger charge is -2.41. The van der Waals surface area contributed by atoms with E-state index in [-0.39, 0.29) is 11.8 Å². The summed E-state index contributed by atoms with van der Waals surface area (Å²) in [6.45, 7) is 0. The summed E-state index contributed by atoms with van der Waals surface area (Å²) >= 11 is 0. The summed E-state index contributed by atoms with van der Waals surface area (Å²) in [5.41, 5.74) is 0. The average Bonchev–Trinajstić information content (AvgIpc) is 3.00. The van der Waals surface area contributed by atoms with E-state index in [4.69, 9.17) is 19.7 Å². The van der Waals surface area contributed by atoms with E-state index in [9.17, 15) is 9.59 Å². The van der Waals surface area contributed by atoms with Crippen molar-refractivity contribution in [3.05, 3.63) is 12.2 Å². The number of carboxylic acid groups (broad SMARTS) is 2. The first-order chi connectivity index (χ1) is 8.08. The van der Waals surface area contributed by atoms with Crippen LogP contribution in [0.5, 0.6) is 0 Å². The molecule has 2 fully saturated rings. The van der Waals surface area contributed by atoms with Crippen LogP contribution in [0.25, 0.3) is 0 Å². The Bertz CT molecular complexity index is 367. The Balaban J connectivity index is 1.85. The van der Waals surface area contributed by atoms with Crippen molar-refractivity contribution in [1.29, 1.82) is 0 Å². The van der Waals surface area contributed by atoms with Gasteiger partial charge in [0.2, 0.25) is 0 Å². The van der Waals surface area contributed by atoms with Crippen molar-refractivity contribution < 1.29 is 29.3 Å². The predicted octanol–water partition coefficient (Wildman–Crippen LogP) is 1.56. The van der Waals surface area contributed by atoms with Crippen molar-refractivity contribution in [2.75, 3.05) is 0 Å². The third kappa shape index (κ3) is 1.55. The molecule has 6 heteroatoms. The van der Waals surface area contributed by atoms with Crippen LogP contribution in [-0.4, -0.2) is 34.7 Å². The summed E-state index contributed by atoms with van der Waals surface area (Å²) in [5.74, 6) is 0.793. The van der Waals surface area contributed by atoms with Gasteiger partial charge in [0.25, 0.3) is 0 Å². The van der Waals surface area contributed by atoms with Crippen molar-refractivity contribution in [3.63, 3.8) is 0 Å². The van der Waals surface area contributed by atoms with Gasteiger partial charge in [0.05, 0.1) is 0 Å². The molecule has 2 N–H and O–H groups in total. The quantitative estimate of drug-likeness (QED) is 0.562. The van der Waals surface area contributed by atoms with Crippen molar-refractivity contribution in [1.82, 2.24) is 0 Å². The minimum absolute atomic E-state index is 0.0366. The molecule has 92 valence electrons. The van der Waals surface area contributed by atoms with E-state index in [1.807, 2.05) is 12.2 Å². The third-order valence-corrected chi connectivity index (χ3v) is 3.99. The highest BCUT2D eigenvalue weighted by Crippen LogP contribution is 2.60. The van der Waals surface area contributed by atoms with Crippen LogP contribution in [-0.2, 0) is 9.47 Å². The van der Waals surface area contributed by atoms with E-state index in [1.165, 1.54) is 0 Å². The number of hydrogen-bond donors (Lipinski definition) is 2. The summed E-state index contributed by atoms with van der Waals surface area (Å²) in [7, 11) is 0. The molecule has 0 amide bonds. The molecule has 6 nitrogen and oxygen atoms in total. The lowest BCUT2D eigenvalue weighted by Crippen LogP contribution is -2.51. The molecule has 0 saturated heterocycles. The van der Waals surface area contributed by atoms with Crippen LogP contribution in [0.15, 0.2) is 12.2 Å². The molecule has 0 spiro atoms. The van der Waals surface area contributed by atoms with Gasteiger partial charge in [-0.2, -0.15) is 0 Å². The molecule has 0 aromatic heterocycles. The highest BCUT2D eigenvalue weighted by atomic mass is 16.7. The maximum Gasteiger partial charge on any atom is 0.506 e. The predicted molar refractivity (Wildman–Crippen MR) is 53.5 cm³/mol. The molecule has 0 aliphatic heterocycles. The number of fused-ring (bicyclic) bond motifs is 1. The first kappa shape index (κ1) is 10.4. The first-order valence-electron chi connectivity index (χ1n) is 5.55. The van der Waals surface area contributed by atoms with Gasteiger partial charge >= 0.3 is 12.3 Å². The highest BCUT2D eigenvalue weighted by Gasteiger charge is 2.62. The standard InChI is InChI=1S/C11H12O6/c12-10(13)16-8-4-1-2-5(7-3-6(4)7)9(8)17-11(14)15/h1-2,4-9H,3H2,(H,12,13)(H,14,15). The maximum atomic E-state index is 10.6. The van der Waals surface area contributed by atoms with E-state index >= 15 is 0 Å². The maximum absolute atomic E-state index is 10.6. The second-order valence-electron chi connectivity index (χ2n) is 4.80. The van der Waals surface area contributed by atoms with Crippen LogP contribution in [0, 0.1) is 23.7 Å². The zero-order chi connectivity index (χ0) is 12.2. The summed E-state index contributed by atoms with van der Waals surface area (Å²) < 4.78 is 9.63. The molecule has 6 atom stereocenters. The van der Waals surface area contributed by atoms with Crippen LogP contribution in [0.4, 0.5) is 9.59 Å². The van der Waals surface area contributed by atoms with Gasteiger partial charge in [0.15, 0.2) is 0 Å². The van der Waals surface area contributed by atoms with E-state index in [2.05, 4.69) is 0 Å². The molecule has 6 unspecified atom stereocenters. The van der Waals surface area contributed by atoms with E-state index < -0.39 is 24.5 Å². The lowest BCUT2D eigenvalue weighted by molar-refractivity contribution is -0.0973. The molecule has 4 aliphatic rings. The van der Waals surface area contributed by atoms with Crippen molar-refractivity contribution in [3.8, 4) is 0 Å². The molecular formula is C11H12O6. The lowest BCUT2D eigenvalue weighted by atomic mass is 9.72. The highest BCUT2D eigenvalue weighted by molar-refractivity contribution is 5.59. The molecule has 4 rings (SSSR count). The zero-order valence-corrected chi connectivity index (χ0v) is 8.85. The first-order valence-corrected chi connectivity index (χ1v) is 5.55. The molecule has 0 radical (unpaired) electrons. The Hall–Kier alpha value is -1.72. The van der Waals surface area contributed by atoms with Crippen molar-refractivity contribution >= 4 is 12.3 Å². The normalized spacial score (nSPS) is 44.9. The SMILES string of the molecule is O=C(O)OC1C2C=CC(C3CC23)C1OC(=O)O. The Morgan fingerprint density at radius 2 is 1.35 bits per heavy atom. The monoisotopic (exact) mass is 240 g/mol. The van der Waals surface area contributed by atoms with Gasteiger partial charge < -0.3 is 19.7 Å². The van der Waals surface area contributed by atoms with E-state index in [0.29, 0.717) is 11.8 Å². The van der Waals surface area contributed by atoms with Crippen LogP contribution < -0.4 is 0 Å². The zero-order valence-electron chi connectivity index (χ0n) is 8.85. The fraction of sp³-hybridized carbons (Fsp3) is 0.636. The van der Waals surface area contributed by atoms with Crippen LogP contribution >= 0.6 is 0 Å². The number of rotatable bonds is 2. The fourth-order valence-electron chi connectivity index (χ4n) is 3.33. The molecule has 2 bridgehead atoms. The molecule has 0 aromatic rings. The Labute approximate surface area is 96.8 Å². The van der Waals surface area contributed by atoms with Gasteiger partial charge in [-0.1, -0.05) is 12.2 Å². The van der Waals surface area contributed by atoms with Gasteiger partial charge in [-0.15, -0.1) is 0 Å². The second-order valence-corrected chi connectivity index (χ2v) is 4.80. The van der Waals surface area contributed by atoms with Gasteiger partial charge in [-0.3, -0.25) is 0 Å². The van der Waals surface area contributed by atoms with Gasteiger partial charge in [-0.25, -0.2) is 9.59 Å². The van der Waals surface area contributed by atoms with Gasteiger partial charge in [0, 0.05) is 11.8 Å².